The largest absolute Gasteiger partial charge is 0.251 e. The molecule has 1 radical (unpaired) electrons. The Morgan fingerprint density at radius 3 is 2.69 bits per heavy atom. The highest BCUT2D eigenvalue weighted by Gasteiger charge is 2.02. The summed E-state index contributed by atoms with van der Waals surface area (Å²) in [6.07, 6.45) is 0. The molecule has 1 aromatic heterocycles. The topological polar surface area (TPSA) is 12.9 Å². The van der Waals surface area contributed by atoms with Crippen LogP contribution in [0.2, 0.25) is 0 Å². The molecule has 0 bridgehead atoms. The second-order valence-electron chi connectivity index (χ2n) is 2.90. The summed E-state index contributed by atoms with van der Waals surface area (Å²) in [5.41, 5.74) is 1.79. The second kappa shape index (κ2) is 3.35. The smallest absolute Gasteiger partial charge is 0.0758 e. The van der Waals surface area contributed by atoms with Gasteiger partial charge in [-0.05, 0) is 19.1 Å². The standard InChI is InChI=1S/C11H9ClN/c1-8(12)10-7-6-9-4-2-3-5-11(9)13-10/h2-8H,1H2. The molecule has 0 saturated heterocycles. The molecule has 65 valence electrons. The number of benzene rings is 1. The Labute approximate surface area is 82.4 Å². The van der Waals surface area contributed by atoms with Gasteiger partial charge in [0.15, 0.2) is 0 Å². The van der Waals surface area contributed by atoms with Crippen molar-refractivity contribution in [1.29, 1.82) is 0 Å². The minimum absolute atomic E-state index is 0.274. The molecular formula is C11H9ClN. The van der Waals surface area contributed by atoms with Crippen LogP contribution in [0, 0.1) is 6.92 Å². The van der Waals surface area contributed by atoms with Crippen LogP contribution in [0.5, 0.6) is 0 Å². The number of pyridine rings is 1. The molecule has 13 heavy (non-hydrogen) atoms. The van der Waals surface area contributed by atoms with Crippen molar-refractivity contribution in [2.24, 2.45) is 0 Å². The van der Waals surface area contributed by atoms with E-state index in [0.717, 1.165) is 16.6 Å². The molecule has 0 fully saturated rings. The van der Waals surface area contributed by atoms with E-state index < -0.39 is 0 Å². The maximum absolute atomic E-state index is 5.83. The quantitative estimate of drug-likeness (QED) is 0.629. The van der Waals surface area contributed by atoms with E-state index in [4.69, 9.17) is 11.6 Å². The minimum Gasteiger partial charge on any atom is -0.251 e. The van der Waals surface area contributed by atoms with Gasteiger partial charge in [0.25, 0.3) is 0 Å². The normalized spacial score (nSPS) is 13.1. The van der Waals surface area contributed by atoms with Gasteiger partial charge in [0.05, 0.1) is 16.6 Å². The summed E-state index contributed by atoms with van der Waals surface area (Å²) in [6, 6.07) is 11.9. The average Bonchev–Trinajstić information content (AvgIpc) is 2.17. The number of para-hydroxylation sites is 1. The fourth-order valence-electron chi connectivity index (χ4n) is 1.26. The van der Waals surface area contributed by atoms with Gasteiger partial charge in [0.1, 0.15) is 0 Å². The van der Waals surface area contributed by atoms with Crippen molar-refractivity contribution in [1.82, 2.24) is 4.98 Å². The molecule has 1 aromatic carbocycles. The summed E-state index contributed by atoms with van der Waals surface area (Å²) >= 11 is 5.83. The summed E-state index contributed by atoms with van der Waals surface area (Å²) in [6.45, 7) is 3.72. The number of nitrogens with zero attached hydrogens (tertiary/aromatic N) is 1. The van der Waals surface area contributed by atoms with Crippen LogP contribution < -0.4 is 0 Å². The lowest BCUT2D eigenvalue weighted by atomic mass is 10.2. The third-order valence-electron chi connectivity index (χ3n) is 1.94. The van der Waals surface area contributed by atoms with Crippen LogP contribution in [-0.2, 0) is 0 Å². The van der Waals surface area contributed by atoms with Crippen molar-refractivity contribution in [2.45, 2.75) is 5.38 Å². The van der Waals surface area contributed by atoms with Gasteiger partial charge in [-0.2, -0.15) is 0 Å². The highest BCUT2D eigenvalue weighted by molar-refractivity contribution is 6.21. The van der Waals surface area contributed by atoms with Gasteiger partial charge in [0.2, 0.25) is 0 Å². The summed E-state index contributed by atoms with van der Waals surface area (Å²) in [5, 5.41) is 0.855. The summed E-state index contributed by atoms with van der Waals surface area (Å²) in [4.78, 5) is 4.38. The molecule has 1 heterocycles. The number of rotatable bonds is 1. The van der Waals surface area contributed by atoms with Gasteiger partial charge in [-0.25, -0.2) is 0 Å². The Morgan fingerprint density at radius 1 is 1.15 bits per heavy atom. The van der Waals surface area contributed by atoms with Crippen LogP contribution in [0.4, 0.5) is 0 Å². The second-order valence-corrected chi connectivity index (χ2v) is 3.42. The number of alkyl halides is 1. The number of fused-ring (bicyclic) bond motifs is 1. The molecule has 0 aliphatic carbocycles. The number of hydrogen-bond acceptors (Lipinski definition) is 1. The van der Waals surface area contributed by atoms with Crippen LogP contribution in [0.3, 0.4) is 0 Å². The Morgan fingerprint density at radius 2 is 1.92 bits per heavy atom. The van der Waals surface area contributed by atoms with E-state index in [2.05, 4.69) is 11.9 Å². The number of aromatic nitrogens is 1. The predicted octanol–water partition coefficient (Wildman–Crippen LogP) is 3.35. The molecular weight excluding hydrogens is 182 g/mol. The van der Waals surface area contributed by atoms with E-state index in [1.165, 1.54) is 0 Å². The first-order chi connectivity index (χ1) is 6.27. The maximum Gasteiger partial charge on any atom is 0.0758 e. The lowest BCUT2D eigenvalue weighted by molar-refractivity contribution is 1.10. The molecule has 0 N–H and O–H groups in total. The molecule has 2 heteroatoms. The lowest BCUT2D eigenvalue weighted by Gasteiger charge is -2.03. The monoisotopic (exact) mass is 190 g/mol. The molecule has 2 aromatic rings. The highest BCUT2D eigenvalue weighted by atomic mass is 35.5. The first kappa shape index (κ1) is 8.52. The summed E-state index contributed by atoms with van der Waals surface area (Å²) in [5.74, 6) is 0. The van der Waals surface area contributed by atoms with Crippen molar-refractivity contribution in [2.75, 3.05) is 0 Å². The molecule has 1 nitrogen and oxygen atoms in total. The van der Waals surface area contributed by atoms with E-state index in [0.29, 0.717) is 0 Å². The van der Waals surface area contributed by atoms with Gasteiger partial charge in [0, 0.05) is 5.39 Å². The van der Waals surface area contributed by atoms with Crippen molar-refractivity contribution >= 4 is 22.5 Å². The Hall–Kier alpha value is -1.08. The van der Waals surface area contributed by atoms with E-state index in [-0.39, 0.29) is 5.38 Å². The van der Waals surface area contributed by atoms with Gasteiger partial charge in [-0.15, -0.1) is 11.6 Å². The molecule has 1 unspecified atom stereocenters. The minimum atomic E-state index is -0.274. The molecule has 0 aliphatic heterocycles. The van der Waals surface area contributed by atoms with Crippen LogP contribution in [0.1, 0.15) is 11.1 Å². The van der Waals surface area contributed by atoms with Crippen LogP contribution >= 0.6 is 11.6 Å². The fraction of sp³-hybridized carbons (Fsp3) is 0.0909. The third kappa shape index (κ3) is 1.65. The lowest BCUT2D eigenvalue weighted by Crippen LogP contribution is -1.90. The van der Waals surface area contributed by atoms with E-state index in [1.807, 2.05) is 36.4 Å². The molecule has 0 saturated carbocycles. The molecule has 0 spiro atoms. The molecule has 0 amide bonds. The predicted molar refractivity (Wildman–Crippen MR) is 55.7 cm³/mol. The average molecular weight is 191 g/mol. The van der Waals surface area contributed by atoms with Crippen LogP contribution in [0.25, 0.3) is 10.9 Å². The third-order valence-corrected chi connectivity index (χ3v) is 2.16. The van der Waals surface area contributed by atoms with Crippen LogP contribution in [-0.4, -0.2) is 4.98 Å². The van der Waals surface area contributed by atoms with Crippen molar-refractivity contribution in [3.8, 4) is 0 Å². The van der Waals surface area contributed by atoms with Gasteiger partial charge in [-0.3, -0.25) is 4.98 Å². The first-order valence-electron chi connectivity index (χ1n) is 4.10. The van der Waals surface area contributed by atoms with Crippen molar-refractivity contribution in [3.63, 3.8) is 0 Å². The number of hydrogen-bond donors (Lipinski definition) is 0. The van der Waals surface area contributed by atoms with E-state index in [9.17, 15) is 0 Å². The van der Waals surface area contributed by atoms with Crippen molar-refractivity contribution in [3.05, 3.63) is 49.0 Å². The Balaban J connectivity index is 2.62. The highest BCUT2D eigenvalue weighted by Crippen LogP contribution is 2.19. The zero-order valence-corrected chi connectivity index (χ0v) is 7.83. The van der Waals surface area contributed by atoms with Gasteiger partial charge in [-0.1, -0.05) is 24.3 Å². The van der Waals surface area contributed by atoms with Gasteiger partial charge >= 0.3 is 0 Å². The zero-order valence-electron chi connectivity index (χ0n) is 7.07. The fourth-order valence-corrected chi connectivity index (χ4v) is 1.38. The first-order valence-corrected chi connectivity index (χ1v) is 4.54. The number of halogens is 1. The molecule has 2 rings (SSSR count). The Bertz CT molecular complexity index is 423. The molecule has 0 aliphatic rings. The molecule has 1 atom stereocenters. The van der Waals surface area contributed by atoms with E-state index >= 15 is 0 Å². The van der Waals surface area contributed by atoms with Gasteiger partial charge < -0.3 is 0 Å². The maximum atomic E-state index is 5.83. The van der Waals surface area contributed by atoms with E-state index in [1.54, 1.807) is 0 Å². The SMILES string of the molecule is [CH2]C(Cl)c1ccc2ccccc2n1. The summed E-state index contributed by atoms with van der Waals surface area (Å²) in [7, 11) is 0. The Kier molecular flexibility index (Phi) is 2.19. The zero-order chi connectivity index (χ0) is 9.26. The summed E-state index contributed by atoms with van der Waals surface area (Å²) < 4.78 is 0. The van der Waals surface area contributed by atoms with Crippen LogP contribution in [0.15, 0.2) is 36.4 Å². The van der Waals surface area contributed by atoms with Crippen molar-refractivity contribution < 1.29 is 0 Å².